The Morgan fingerprint density at radius 1 is 1.50 bits per heavy atom. The Morgan fingerprint density at radius 3 is 2.80 bits per heavy atom. The maximum Gasteiger partial charge on any atom is 0.301 e. The zero-order valence-electron chi connectivity index (χ0n) is 12.3. The maximum atomic E-state index is 11.6. The highest BCUT2D eigenvalue weighted by molar-refractivity contribution is 5.92. The molecule has 6 heteroatoms. The summed E-state index contributed by atoms with van der Waals surface area (Å²) < 4.78 is 5.21. The van der Waals surface area contributed by atoms with Gasteiger partial charge in [-0.2, -0.15) is 0 Å². The molecule has 2 rings (SSSR count). The first-order chi connectivity index (χ1) is 9.60. The van der Waals surface area contributed by atoms with Gasteiger partial charge in [0.05, 0.1) is 6.26 Å². The summed E-state index contributed by atoms with van der Waals surface area (Å²) in [5.41, 5.74) is 3.02. The zero-order chi connectivity index (χ0) is 14.5. The average molecular weight is 280 g/mol. The number of rotatable bonds is 5. The van der Waals surface area contributed by atoms with Crippen molar-refractivity contribution in [3.63, 3.8) is 0 Å². The minimum absolute atomic E-state index is 0.322. The molecule has 0 unspecified atom stereocenters. The molecule has 0 saturated carbocycles. The van der Waals surface area contributed by atoms with Crippen LogP contribution in [0.15, 0.2) is 16.7 Å². The second kappa shape index (κ2) is 6.88. The van der Waals surface area contributed by atoms with Crippen molar-refractivity contribution in [1.29, 1.82) is 0 Å². The van der Waals surface area contributed by atoms with Gasteiger partial charge in [-0.25, -0.2) is 5.84 Å². The van der Waals surface area contributed by atoms with Gasteiger partial charge in [0.25, 0.3) is 0 Å². The van der Waals surface area contributed by atoms with Crippen molar-refractivity contribution in [1.82, 2.24) is 15.2 Å². The highest BCUT2D eigenvalue weighted by Crippen LogP contribution is 2.21. The first-order valence-corrected chi connectivity index (χ1v) is 7.04. The smallest absolute Gasteiger partial charge is 0.301 e. The van der Waals surface area contributed by atoms with E-state index in [0.717, 1.165) is 37.7 Å². The highest BCUT2D eigenvalue weighted by atomic mass is 16.3. The Balaban J connectivity index is 1.87. The summed E-state index contributed by atoms with van der Waals surface area (Å²) in [4.78, 5) is 16.2. The van der Waals surface area contributed by atoms with Crippen molar-refractivity contribution in [2.45, 2.75) is 19.4 Å². The molecule has 1 aromatic heterocycles. The van der Waals surface area contributed by atoms with Gasteiger partial charge in [-0.05, 0) is 52.0 Å². The Bertz CT molecular complexity index is 436. The van der Waals surface area contributed by atoms with Gasteiger partial charge in [-0.15, -0.1) is 0 Å². The Hall–Kier alpha value is -1.37. The largest absolute Gasteiger partial charge is 0.459 e. The number of nitrogens with two attached hydrogens (primary N) is 1. The molecule has 6 nitrogen and oxygen atoms in total. The van der Waals surface area contributed by atoms with Crippen LogP contribution in [0.25, 0.3) is 0 Å². The third-order valence-corrected chi connectivity index (χ3v) is 3.81. The van der Waals surface area contributed by atoms with Gasteiger partial charge in [0, 0.05) is 18.7 Å². The molecule has 2 heterocycles. The third kappa shape index (κ3) is 3.82. The number of nitrogens with zero attached hydrogens (tertiary/aromatic N) is 2. The molecular formula is C14H24N4O2. The van der Waals surface area contributed by atoms with Crippen LogP contribution in [0.4, 0.5) is 0 Å². The maximum absolute atomic E-state index is 11.6. The van der Waals surface area contributed by atoms with Crippen LogP contribution in [0.5, 0.6) is 0 Å². The van der Waals surface area contributed by atoms with Crippen molar-refractivity contribution >= 4 is 5.91 Å². The van der Waals surface area contributed by atoms with E-state index in [1.165, 1.54) is 12.8 Å². The quantitative estimate of drug-likeness (QED) is 0.471. The summed E-state index contributed by atoms with van der Waals surface area (Å²) in [5, 5.41) is 0. The van der Waals surface area contributed by atoms with Crippen molar-refractivity contribution in [2.75, 3.05) is 33.7 Å². The van der Waals surface area contributed by atoms with E-state index in [2.05, 4.69) is 29.3 Å². The Morgan fingerprint density at radius 2 is 2.20 bits per heavy atom. The number of carbonyl (C=O) groups is 1. The van der Waals surface area contributed by atoms with Gasteiger partial charge in [0.2, 0.25) is 0 Å². The van der Waals surface area contributed by atoms with Crippen LogP contribution in [0, 0.1) is 5.92 Å². The molecule has 1 saturated heterocycles. The molecule has 0 bridgehead atoms. The third-order valence-electron chi connectivity index (χ3n) is 3.81. The summed E-state index contributed by atoms with van der Waals surface area (Å²) in [6.45, 7) is 4.02. The molecule has 0 aliphatic carbocycles. The molecule has 0 radical (unpaired) electrons. The van der Waals surface area contributed by atoms with Gasteiger partial charge < -0.3 is 9.32 Å². The Kier molecular flexibility index (Phi) is 5.17. The minimum Gasteiger partial charge on any atom is -0.459 e. The van der Waals surface area contributed by atoms with Crippen LogP contribution >= 0.6 is 0 Å². The number of likely N-dealkylation sites (tertiary alicyclic amines) is 1. The lowest BCUT2D eigenvalue weighted by molar-refractivity contribution is 0.0921. The standard InChI is InChI=1S/C14H24N4O2/c1-17(2)9-11-3-6-18(7-4-11)10-12-5-8-20-13(12)14(19)16-15/h5,8,11H,3-4,6-7,9-10,15H2,1-2H3,(H,16,19). The lowest BCUT2D eigenvalue weighted by atomic mass is 9.96. The van der Waals surface area contributed by atoms with E-state index < -0.39 is 0 Å². The monoisotopic (exact) mass is 280 g/mol. The number of hydrazine groups is 1. The van der Waals surface area contributed by atoms with Crippen molar-refractivity contribution in [2.24, 2.45) is 11.8 Å². The van der Waals surface area contributed by atoms with Crippen LogP contribution < -0.4 is 11.3 Å². The fraction of sp³-hybridized carbons (Fsp3) is 0.643. The zero-order valence-corrected chi connectivity index (χ0v) is 12.3. The molecule has 1 aromatic rings. The number of hydrogen-bond donors (Lipinski definition) is 2. The minimum atomic E-state index is -0.368. The van der Waals surface area contributed by atoms with E-state index in [-0.39, 0.29) is 5.91 Å². The number of carbonyl (C=O) groups excluding carboxylic acids is 1. The number of nitrogens with one attached hydrogen (secondary N) is 1. The molecule has 1 fully saturated rings. The fourth-order valence-electron chi connectivity index (χ4n) is 2.81. The first kappa shape index (κ1) is 15.0. The Labute approximate surface area is 119 Å². The predicted molar refractivity (Wildman–Crippen MR) is 76.9 cm³/mol. The van der Waals surface area contributed by atoms with Gasteiger partial charge in [-0.1, -0.05) is 0 Å². The average Bonchev–Trinajstić information content (AvgIpc) is 2.87. The molecule has 3 N–H and O–H groups in total. The van der Waals surface area contributed by atoms with Crippen LogP contribution in [0.1, 0.15) is 29.0 Å². The fourth-order valence-corrected chi connectivity index (χ4v) is 2.81. The predicted octanol–water partition coefficient (Wildman–Crippen LogP) is 0.657. The highest BCUT2D eigenvalue weighted by Gasteiger charge is 2.22. The first-order valence-electron chi connectivity index (χ1n) is 7.04. The van der Waals surface area contributed by atoms with Crippen molar-refractivity contribution in [3.8, 4) is 0 Å². The number of amides is 1. The van der Waals surface area contributed by atoms with Gasteiger partial charge in [0.15, 0.2) is 5.76 Å². The summed E-state index contributed by atoms with van der Waals surface area (Å²) in [5.74, 6) is 5.88. The van der Waals surface area contributed by atoms with Crippen molar-refractivity contribution in [3.05, 3.63) is 23.7 Å². The molecule has 1 amide bonds. The van der Waals surface area contributed by atoms with Crippen LogP contribution in [0.3, 0.4) is 0 Å². The summed E-state index contributed by atoms with van der Waals surface area (Å²) >= 11 is 0. The molecule has 0 aromatic carbocycles. The molecule has 1 aliphatic heterocycles. The van der Waals surface area contributed by atoms with E-state index in [9.17, 15) is 4.79 Å². The van der Waals surface area contributed by atoms with Gasteiger partial charge in [-0.3, -0.25) is 15.1 Å². The molecular weight excluding hydrogens is 256 g/mol. The second-order valence-corrected chi connectivity index (χ2v) is 5.73. The van der Waals surface area contributed by atoms with Gasteiger partial charge >= 0.3 is 5.91 Å². The summed E-state index contributed by atoms with van der Waals surface area (Å²) in [6.07, 6.45) is 3.95. The lowest BCUT2D eigenvalue weighted by Gasteiger charge is -2.33. The van der Waals surface area contributed by atoms with Crippen LogP contribution in [0.2, 0.25) is 0 Å². The van der Waals surface area contributed by atoms with Gasteiger partial charge in [0.1, 0.15) is 0 Å². The summed E-state index contributed by atoms with van der Waals surface area (Å²) in [7, 11) is 4.24. The molecule has 1 aliphatic rings. The topological polar surface area (TPSA) is 74.7 Å². The van der Waals surface area contributed by atoms with E-state index in [0.29, 0.717) is 5.76 Å². The number of hydrogen-bond acceptors (Lipinski definition) is 5. The van der Waals surface area contributed by atoms with Crippen LogP contribution in [-0.2, 0) is 6.54 Å². The van der Waals surface area contributed by atoms with E-state index in [4.69, 9.17) is 10.3 Å². The lowest BCUT2D eigenvalue weighted by Crippen LogP contribution is -2.37. The van der Waals surface area contributed by atoms with E-state index in [1.807, 2.05) is 6.07 Å². The molecule has 0 spiro atoms. The van der Waals surface area contributed by atoms with Crippen molar-refractivity contribution < 1.29 is 9.21 Å². The van der Waals surface area contributed by atoms with E-state index >= 15 is 0 Å². The van der Waals surface area contributed by atoms with Crippen LogP contribution in [-0.4, -0.2) is 49.4 Å². The molecule has 112 valence electrons. The second-order valence-electron chi connectivity index (χ2n) is 5.73. The van der Waals surface area contributed by atoms with E-state index in [1.54, 1.807) is 6.26 Å². The SMILES string of the molecule is CN(C)CC1CCN(Cc2ccoc2C(=O)NN)CC1. The molecule has 20 heavy (non-hydrogen) atoms. The summed E-state index contributed by atoms with van der Waals surface area (Å²) in [6, 6.07) is 1.84. The number of furan rings is 1. The normalized spacial score (nSPS) is 17.6. The molecule has 0 atom stereocenters. The number of nitrogen functional groups attached to an aromatic ring is 1. The number of piperidine rings is 1.